The fourth-order valence-electron chi connectivity index (χ4n) is 2.80. The molecule has 0 aliphatic rings. The Morgan fingerprint density at radius 1 is 1.06 bits per heavy atom. The molecule has 3 rings (SSSR count). The van der Waals surface area contributed by atoms with Gasteiger partial charge in [-0.15, -0.1) is 0 Å². The molecule has 166 valence electrons. The Morgan fingerprint density at radius 2 is 1.79 bits per heavy atom. The van der Waals surface area contributed by atoms with Crippen LogP contribution in [0.1, 0.15) is 11.1 Å². The van der Waals surface area contributed by atoms with Crippen LogP contribution in [-0.4, -0.2) is 18.4 Å². The van der Waals surface area contributed by atoms with Crippen LogP contribution in [0.5, 0.6) is 5.75 Å². The van der Waals surface area contributed by atoms with Crippen LogP contribution in [-0.2, 0) is 16.1 Å². The van der Waals surface area contributed by atoms with Crippen LogP contribution in [0, 0.1) is 17.1 Å². The summed E-state index contributed by atoms with van der Waals surface area (Å²) >= 11 is 3.36. The zero-order chi connectivity index (χ0) is 23.6. The van der Waals surface area contributed by atoms with Gasteiger partial charge in [-0.2, -0.15) is 5.26 Å². The van der Waals surface area contributed by atoms with E-state index >= 15 is 0 Å². The van der Waals surface area contributed by atoms with E-state index in [1.807, 2.05) is 36.4 Å². The molecule has 2 N–H and O–H groups in total. The predicted octanol–water partition coefficient (Wildman–Crippen LogP) is 4.83. The lowest BCUT2D eigenvalue weighted by Crippen LogP contribution is -2.23. The maximum absolute atomic E-state index is 13.6. The smallest absolute Gasteiger partial charge is 0.262 e. The molecule has 0 atom stereocenters. The molecule has 33 heavy (non-hydrogen) atoms. The molecule has 6 nitrogen and oxygen atoms in total. The Hall–Kier alpha value is -3.96. The lowest BCUT2D eigenvalue weighted by molar-refractivity contribution is -0.118. The molecule has 3 aromatic carbocycles. The second-order valence-electron chi connectivity index (χ2n) is 6.84. The highest BCUT2D eigenvalue weighted by Crippen LogP contribution is 2.27. The molecule has 0 saturated carbocycles. The molecule has 8 heteroatoms. The summed E-state index contributed by atoms with van der Waals surface area (Å²) in [6, 6.07) is 22.0. The molecule has 0 aliphatic heterocycles. The van der Waals surface area contributed by atoms with E-state index in [1.54, 1.807) is 24.3 Å². The average molecular weight is 508 g/mol. The highest BCUT2D eigenvalue weighted by atomic mass is 79.9. The van der Waals surface area contributed by atoms with Crippen molar-refractivity contribution in [3.63, 3.8) is 0 Å². The number of carbonyl (C=O) groups excluding carboxylic acids is 2. The van der Waals surface area contributed by atoms with Gasteiger partial charge in [-0.05, 0) is 57.4 Å². The number of anilines is 1. The van der Waals surface area contributed by atoms with Crippen LogP contribution in [0.2, 0.25) is 0 Å². The van der Waals surface area contributed by atoms with Gasteiger partial charge in [0.25, 0.3) is 11.8 Å². The fourth-order valence-corrected chi connectivity index (χ4v) is 3.32. The first-order valence-corrected chi connectivity index (χ1v) is 10.7. The standard InChI is InChI=1S/C25H19BrFN3O3/c26-20-13-18(12-19(14-28)25(32)29-15-17-6-2-1-3-7-17)10-11-23(20)33-16-24(31)30-22-9-5-4-8-21(22)27/h1-13H,15-16H2,(H,29,32)(H,30,31)/b19-12+. The Morgan fingerprint density at radius 3 is 2.48 bits per heavy atom. The molecule has 0 spiro atoms. The number of hydrogen-bond donors (Lipinski definition) is 2. The van der Waals surface area contributed by atoms with Gasteiger partial charge < -0.3 is 15.4 Å². The van der Waals surface area contributed by atoms with Crippen LogP contribution in [0.3, 0.4) is 0 Å². The minimum atomic E-state index is -0.538. The Kier molecular flexibility index (Phi) is 8.33. The monoisotopic (exact) mass is 507 g/mol. The highest BCUT2D eigenvalue weighted by molar-refractivity contribution is 9.10. The number of halogens is 2. The number of hydrogen-bond acceptors (Lipinski definition) is 4. The largest absolute Gasteiger partial charge is 0.483 e. The van der Waals surface area contributed by atoms with Crippen LogP contribution in [0.25, 0.3) is 6.08 Å². The van der Waals surface area contributed by atoms with E-state index < -0.39 is 17.6 Å². The number of para-hydroxylation sites is 1. The molecular weight excluding hydrogens is 489 g/mol. The zero-order valence-electron chi connectivity index (χ0n) is 17.3. The Balaban J connectivity index is 1.59. The van der Waals surface area contributed by atoms with E-state index in [-0.39, 0.29) is 17.9 Å². The predicted molar refractivity (Wildman–Crippen MR) is 127 cm³/mol. The lowest BCUT2D eigenvalue weighted by atomic mass is 10.1. The number of ether oxygens (including phenoxy) is 1. The second-order valence-corrected chi connectivity index (χ2v) is 7.70. The number of rotatable bonds is 8. The summed E-state index contributed by atoms with van der Waals surface area (Å²) in [7, 11) is 0. The van der Waals surface area contributed by atoms with Crippen LogP contribution in [0.15, 0.2) is 82.8 Å². The van der Waals surface area contributed by atoms with Gasteiger partial charge in [0.1, 0.15) is 23.2 Å². The van der Waals surface area contributed by atoms with Gasteiger partial charge in [0.15, 0.2) is 6.61 Å². The molecule has 0 saturated heterocycles. The molecule has 0 fully saturated rings. The molecule has 0 aliphatic carbocycles. The van der Waals surface area contributed by atoms with Crippen LogP contribution in [0.4, 0.5) is 10.1 Å². The van der Waals surface area contributed by atoms with Crippen molar-refractivity contribution in [2.24, 2.45) is 0 Å². The lowest BCUT2D eigenvalue weighted by Gasteiger charge is -2.10. The molecule has 3 aromatic rings. The number of benzene rings is 3. The topological polar surface area (TPSA) is 91.2 Å². The minimum absolute atomic E-state index is 0.0456. The molecule has 0 aromatic heterocycles. The van der Waals surface area contributed by atoms with Crippen molar-refractivity contribution < 1.29 is 18.7 Å². The van der Waals surface area contributed by atoms with E-state index in [1.165, 1.54) is 24.3 Å². The van der Waals surface area contributed by atoms with Gasteiger partial charge in [0, 0.05) is 6.54 Å². The third-order valence-corrected chi connectivity index (χ3v) is 5.05. The third-order valence-electron chi connectivity index (χ3n) is 4.43. The van der Waals surface area contributed by atoms with E-state index in [2.05, 4.69) is 26.6 Å². The van der Waals surface area contributed by atoms with Gasteiger partial charge in [0.05, 0.1) is 10.2 Å². The number of amides is 2. The molecule has 0 bridgehead atoms. The summed E-state index contributed by atoms with van der Waals surface area (Å²) in [4.78, 5) is 24.4. The van der Waals surface area contributed by atoms with E-state index in [9.17, 15) is 19.2 Å². The Labute approximate surface area is 198 Å². The van der Waals surface area contributed by atoms with Crippen molar-refractivity contribution in [1.82, 2.24) is 5.32 Å². The number of nitrogens with zero attached hydrogens (tertiary/aromatic N) is 1. The van der Waals surface area contributed by atoms with Crippen LogP contribution >= 0.6 is 15.9 Å². The highest BCUT2D eigenvalue weighted by Gasteiger charge is 2.11. The maximum Gasteiger partial charge on any atom is 0.262 e. The zero-order valence-corrected chi connectivity index (χ0v) is 18.9. The summed E-state index contributed by atoms with van der Waals surface area (Å²) in [6.45, 7) is -0.0163. The van der Waals surface area contributed by atoms with Crippen LogP contribution < -0.4 is 15.4 Å². The number of nitriles is 1. The summed E-state index contributed by atoms with van der Waals surface area (Å²) in [5, 5.41) is 14.5. The van der Waals surface area contributed by atoms with Gasteiger partial charge in [0.2, 0.25) is 0 Å². The van der Waals surface area contributed by atoms with Crippen molar-refractivity contribution in [2.45, 2.75) is 6.54 Å². The second kappa shape index (κ2) is 11.6. The van der Waals surface area contributed by atoms with E-state index in [0.717, 1.165) is 5.56 Å². The molecule has 2 amide bonds. The first-order valence-electron chi connectivity index (χ1n) is 9.87. The maximum atomic E-state index is 13.6. The van der Waals surface area contributed by atoms with Gasteiger partial charge in [-0.25, -0.2) is 4.39 Å². The summed E-state index contributed by atoms with van der Waals surface area (Å²) in [5.41, 5.74) is 1.54. The van der Waals surface area contributed by atoms with Crippen molar-refractivity contribution >= 4 is 39.5 Å². The SMILES string of the molecule is N#C/C(=C\c1ccc(OCC(=O)Nc2ccccc2F)c(Br)c1)C(=O)NCc1ccccc1. The first-order chi connectivity index (χ1) is 16.0. The summed E-state index contributed by atoms with van der Waals surface area (Å²) in [6.07, 6.45) is 1.46. The number of nitrogens with one attached hydrogen (secondary N) is 2. The first kappa shape index (κ1) is 23.7. The quantitative estimate of drug-likeness (QED) is 0.337. The molecule has 0 heterocycles. The van der Waals surface area contributed by atoms with Crippen molar-refractivity contribution in [3.05, 3.63) is 99.8 Å². The molecular formula is C25H19BrFN3O3. The van der Waals surface area contributed by atoms with Crippen molar-refractivity contribution in [3.8, 4) is 11.8 Å². The van der Waals surface area contributed by atoms with Crippen molar-refractivity contribution in [1.29, 1.82) is 5.26 Å². The van der Waals surface area contributed by atoms with Gasteiger partial charge in [-0.1, -0.05) is 48.5 Å². The summed E-state index contributed by atoms with van der Waals surface area (Å²) in [5.74, 6) is -1.16. The van der Waals surface area contributed by atoms with E-state index in [4.69, 9.17) is 4.74 Å². The fraction of sp³-hybridized carbons (Fsp3) is 0.0800. The average Bonchev–Trinajstić information content (AvgIpc) is 2.82. The van der Waals surface area contributed by atoms with Gasteiger partial charge >= 0.3 is 0 Å². The third kappa shape index (κ3) is 7.02. The Bertz CT molecular complexity index is 1220. The minimum Gasteiger partial charge on any atom is -0.483 e. The molecule has 0 unspecified atom stereocenters. The normalized spacial score (nSPS) is 10.8. The van der Waals surface area contributed by atoms with Crippen molar-refractivity contribution in [2.75, 3.05) is 11.9 Å². The summed E-state index contributed by atoms with van der Waals surface area (Å²) < 4.78 is 19.6. The number of carbonyl (C=O) groups is 2. The van der Waals surface area contributed by atoms with E-state index in [0.29, 0.717) is 22.3 Å². The molecule has 0 radical (unpaired) electrons. The van der Waals surface area contributed by atoms with Gasteiger partial charge in [-0.3, -0.25) is 9.59 Å².